The van der Waals surface area contributed by atoms with Crippen LogP contribution in [0.4, 0.5) is 0 Å². The first-order chi connectivity index (χ1) is 33.5. The molecular formula is C60H119N2O6P. The molecule has 2 N–H and O–H groups in total. The molecule has 0 saturated heterocycles. The van der Waals surface area contributed by atoms with Gasteiger partial charge in [0.1, 0.15) is 13.2 Å². The Morgan fingerprint density at radius 3 is 1.20 bits per heavy atom. The number of phosphoric acid groups is 1. The number of unbranched alkanes of at least 4 members (excludes halogenated alkanes) is 39. The van der Waals surface area contributed by atoms with Crippen LogP contribution in [0.3, 0.4) is 0 Å². The second-order valence-electron chi connectivity index (χ2n) is 22.1. The molecule has 0 aliphatic heterocycles. The molecule has 0 aliphatic rings. The minimum atomic E-state index is -4.57. The molecule has 0 radical (unpaired) electrons. The van der Waals surface area contributed by atoms with E-state index in [1.54, 1.807) is 0 Å². The fourth-order valence-corrected chi connectivity index (χ4v) is 9.91. The molecule has 0 rings (SSSR count). The lowest BCUT2D eigenvalue weighted by molar-refractivity contribution is -0.870. The van der Waals surface area contributed by atoms with Crippen LogP contribution in [0.1, 0.15) is 303 Å². The smallest absolute Gasteiger partial charge is 0.268 e. The van der Waals surface area contributed by atoms with Gasteiger partial charge in [0, 0.05) is 6.42 Å². The van der Waals surface area contributed by atoms with Crippen LogP contribution in [0.25, 0.3) is 0 Å². The monoisotopic (exact) mass is 995 g/mol. The first kappa shape index (κ1) is 68.0. The van der Waals surface area contributed by atoms with Crippen molar-refractivity contribution in [1.29, 1.82) is 0 Å². The Kier molecular flexibility index (Phi) is 51.1. The molecule has 3 atom stereocenters. The van der Waals surface area contributed by atoms with E-state index in [-0.39, 0.29) is 19.1 Å². The molecule has 69 heavy (non-hydrogen) atoms. The zero-order chi connectivity index (χ0) is 50.6. The number of hydrogen-bond donors (Lipinski definition) is 2. The Morgan fingerprint density at radius 1 is 0.507 bits per heavy atom. The molecule has 8 nitrogen and oxygen atoms in total. The number of rotatable bonds is 56. The number of amides is 1. The summed E-state index contributed by atoms with van der Waals surface area (Å²) in [4.78, 5) is 25.5. The lowest BCUT2D eigenvalue weighted by Gasteiger charge is -2.30. The standard InChI is InChI=1S/C60H119N2O6P/c1-6-8-10-12-14-16-18-20-22-23-24-25-26-27-28-29-30-31-32-33-34-35-36-37-38-39-40-42-44-46-48-50-52-54-60(64)61-58(57-68-69(65,66)67-56-55-62(3,4)5)59(63)53-51-49-47-45-43-41-21-19-17-15-13-11-9-7-2/h18,20,23-24,58-59,63H,6-17,19,21-22,25-57H2,1-5H3,(H-,61,64,65,66)/b20-18-,24-23-. The van der Waals surface area contributed by atoms with Gasteiger partial charge in [0.15, 0.2) is 0 Å². The van der Waals surface area contributed by atoms with Gasteiger partial charge in [-0.1, -0.05) is 276 Å². The van der Waals surface area contributed by atoms with Crippen molar-refractivity contribution < 1.29 is 32.9 Å². The van der Waals surface area contributed by atoms with E-state index in [0.717, 1.165) is 44.9 Å². The SMILES string of the molecule is CCCCCCC/C=C\C/C=C\CCCCCCCCCCCCCCCCCCCCCCCC(=O)NC(COP(=O)([O-])OCC[N+](C)(C)C)C(O)CCCCCCCCCCCCCCCC. The van der Waals surface area contributed by atoms with Gasteiger partial charge in [-0.15, -0.1) is 0 Å². The summed E-state index contributed by atoms with van der Waals surface area (Å²) in [7, 11) is 1.32. The number of allylic oxidation sites excluding steroid dienone is 4. The topological polar surface area (TPSA) is 108 Å². The Balaban J connectivity index is 3.96. The number of nitrogens with zero attached hydrogens (tertiary/aromatic N) is 1. The van der Waals surface area contributed by atoms with Gasteiger partial charge in [-0.2, -0.15) is 0 Å². The highest BCUT2D eigenvalue weighted by Crippen LogP contribution is 2.38. The van der Waals surface area contributed by atoms with Crippen molar-refractivity contribution in [1.82, 2.24) is 5.32 Å². The summed E-state index contributed by atoms with van der Waals surface area (Å²) in [6.45, 7) is 4.74. The van der Waals surface area contributed by atoms with Gasteiger partial charge < -0.3 is 28.8 Å². The Bertz CT molecular complexity index is 1170. The van der Waals surface area contributed by atoms with E-state index in [2.05, 4.69) is 43.5 Å². The molecule has 410 valence electrons. The lowest BCUT2D eigenvalue weighted by Crippen LogP contribution is -2.46. The predicted octanol–water partition coefficient (Wildman–Crippen LogP) is 17.7. The number of phosphoric ester groups is 1. The van der Waals surface area contributed by atoms with Crippen molar-refractivity contribution in [3.63, 3.8) is 0 Å². The second-order valence-corrected chi connectivity index (χ2v) is 23.5. The first-order valence-corrected chi connectivity index (χ1v) is 31.6. The molecule has 3 unspecified atom stereocenters. The number of hydrogen-bond acceptors (Lipinski definition) is 6. The molecule has 0 aromatic carbocycles. The van der Waals surface area contributed by atoms with E-state index < -0.39 is 20.0 Å². The van der Waals surface area contributed by atoms with Crippen LogP contribution < -0.4 is 10.2 Å². The average molecular weight is 996 g/mol. The van der Waals surface area contributed by atoms with Crippen LogP contribution in [-0.2, 0) is 18.4 Å². The van der Waals surface area contributed by atoms with Crippen molar-refractivity contribution in [2.45, 2.75) is 315 Å². The highest BCUT2D eigenvalue weighted by molar-refractivity contribution is 7.45. The normalized spacial score (nSPS) is 14.0. The predicted molar refractivity (Wildman–Crippen MR) is 298 cm³/mol. The number of aliphatic hydroxyl groups excluding tert-OH is 1. The minimum Gasteiger partial charge on any atom is -0.756 e. The van der Waals surface area contributed by atoms with Gasteiger partial charge in [-0.05, 0) is 44.9 Å². The lowest BCUT2D eigenvalue weighted by atomic mass is 10.0. The molecule has 0 aliphatic carbocycles. The molecule has 0 saturated carbocycles. The number of aliphatic hydroxyl groups is 1. The minimum absolute atomic E-state index is 0.0148. The third-order valence-corrected chi connectivity index (χ3v) is 14.9. The third-order valence-electron chi connectivity index (χ3n) is 13.9. The summed E-state index contributed by atoms with van der Waals surface area (Å²) >= 11 is 0. The fraction of sp³-hybridized carbons (Fsp3) is 0.917. The zero-order valence-corrected chi connectivity index (χ0v) is 47.7. The number of carbonyl (C=O) groups excluding carboxylic acids is 1. The second kappa shape index (κ2) is 51.9. The maximum atomic E-state index is 13.0. The number of carbonyl (C=O) groups is 1. The summed E-state index contributed by atoms with van der Waals surface area (Å²) < 4.78 is 23.4. The first-order valence-electron chi connectivity index (χ1n) is 30.2. The molecule has 0 bridgehead atoms. The highest BCUT2D eigenvalue weighted by Gasteiger charge is 2.24. The van der Waals surface area contributed by atoms with E-state index in [4.69, 9.17) is 9.05 Å². The summed E-state index contributed by atoms with van der Waals surface area (Å²) in [5.41, 5.74) is 0. The van der Waals surface area contributed by atoms with Gasteiger partial charge >= 0.3 is 0 Å². The molecule has 9 heteroatoms. The maximum Gasteiger partial charge on any atom is 0.268 e. The van der Waals surface area contributed by atoms with Gasteiger partial charge in [0.25, 0.3) is 7.82 Å². The van der Waals surface area contributed by atoms with E-state index >= 15 is 0 Å². The van der Waals surface area contributed by atoms with Crippen LogP contribution >= 0.6 is 7.82 Å². The largest absolute Gasteiger partial charge is 0.756 e. The average Bonchev–Trinajstić information content (AvgIpc) is 3.31. The summed E-state index contributed by atoms with van der Waals surface area (Å²) in [5.74, 6) is -0.159. The molecule has 0 aromatic heterocycles. The van der Waals surface area contributed by atoms with Crippen molar-refractivity contribution in [2.75, 3.05) is 40.9 Å². The summed E-state index contributed by atoms with van der Waals surface area (Å²) in [6.07, 6.45) is 65.1. The van der Waals surface area contributed by atoms with E-state index in [1.807, 2.05) is 21.1 Å². The van der Waals surface area contributed by atoms with Gasteiger partial charge in [0.2, 0.25) is 5.91 Å². The third kappa shape index (κ3) is 54.6. The Labute approximate surface area is 430 Å². The number of likely N-dealkylation sites (N-methyl/N-ethyl adjacent to an activating group) is 1. The van der Waals surface area contributed by atoms with Crippen molar-refractivity contribution in [3.8, 4) is 0 Å². The molecular weight excluding hydrogens is 876 g/mol. The van der Waals surface area contributed by atoms with E-state index in [9.17, 15) is 19.4 Å². The van der Waals surface area contributed by atoms with Crippen molar-refractivity contribution >= 4 is 13.7 Å². The Morgan fingerprint density at radius 2 is 0.841 bits per heavy atom. The van der Waals surface area contributed by atoms with Crippen molar-refractivity contribution in [2.24, 2.45) is 0 Å². The number of quaternary nitrogens is 1. The fourth-order valence-electron chi connectivity index (χ4n) is 9.19. The van der Waals surface area contributed by atoms with Gasteiger partial charge in [-0.3, -0.25) is 9.36 Å². The van der Waals surface area contributed by atoms with Gasteiger partial charge in [-0.25, -0.2) is 0 Å². The quantitative estimate of drug-likeness (QED) is 0.0272. The number of nitrogens with one attached hydrogen (secondary N) is 1. The molecule has 0 aromatic rings. The molecule has 0 spiro atoms. The van der Waals surface area contributed by atoms with Crippen LogP contribution in [0.15, 0.2) is 24.3 Å². The summed E-state index contributed by atoms with van der Waals surface area (Å²) in [6, 6.07) is -0.797. The molecule has 1 amide bonds. The van der Waals surface area contributed by atoms with Crippen molar-refractivity contribution in [3.05, 3.63) is 24.3 Å². The summed E-state index contributed by atoms with van der Waals surface area (Å²) in [5, 5.41) is 14.0. The van der Waals surface area contributed by atoms with Crippen LogP contribution in [0.5, 0.6) is 0 Å². The van der Waals surface area contributed by atoms with Crippen LogP contribution in [-0.4, -0.2) is 68.5 Å². The van der Waals surface area contributed by atoms with E-state index in [0.29, 0.717) is 23.9 Å². The maximum absolute atomic E-state index is 13.0. The molecule has 0 fully saturated rings. The molecule has 0 heterocycles. The van der Waals surface area contributed by atoms with E-state index in [1.165, 1.54) is 231 Å². The Hall–Kier alpha value is -1.02. The zero-order valence-electron chi connectivity index (χ0n) is 46.8. The van der Waals surface area contributed by atoms with Crippen LogP contribution in [0.2, 0.25) is 0 Å². The van der Waals surface area contributed by atoms with Gasteiger partial charge in [0.05, 0.1) is 39.9 Å². The van der Waals surface area contributed by atoms with Crippen LogP contribution in [0, 0.1) is 0 Å². The highest BCUT2D eigenvalue weighted by atomic mass is 31.2.